The smallest absolute Gasteiger partial charge is 0.337 e. The van der Waals surface area contributed by atoms with E-state index in [9.17, 15) is 4.79 Å². The summed E-state index contributed by atoms with van der Waals surface area (Å²) in [4.78, 5) is 11.5. The Bertz CT molecular complexity index is 660. The van der Waals surface area contributed by atoms with Gasteiger partial charge >= 0.3 is 5.97 Å². The minimum absolute atomic E-state index is 0.265. The third kappa shape index (κ3) is 3.87. The van der Waals surface area contributed by atoms with E-state index in [0.717, 1.165) is 18.3 Å². The van der Waals surface area contributed by atoms with Crippen molar-refractivity contribution in [2.75, 3.05) is 7.11 Å². The molecule has 1 aliphatic carbocycles. The van der Waals surface area contributed by atoms with Crippen molar-refractivity contribution in [3.05, 3.63) is 71.3 Å². The predicted octanol–water partition coefficient (Wildman–Crippen LogP) is 5.24. The summed E-state index contributed by atoms with van der Waals surface area (Å²) in [5, 5.41) is 0. The van der Waals surface area contributed by atoms with Crippen LogP contribution in [0.2, 0.25) is 0 Å². The Morgan fingerprint density at radius 1 is 1.08 bits per heavy atom. The molecule has 2 aromatic rings. The standard InChI is InChI=1S/C22H26O2/c1-16(19-6-4-3-5-7-19)21-13-10-18(15-21)14-17-8-11-20(12-9-17)22(23)24-2/h3-9,11-12,16,18,21H,10,13-15H2,1-2H3/t16-,18+,21+/m1/s1. The SMILES string of the molecule is COC(=O)c1ccc(C[C@@H]2CC[C@H]([C@H](C)c3ccccc3)C2)cc1. The highest BCUT2D eigenvalue weighted by Gasteiger charge is 2.29. The van der Waals surface area contributed by atoms with E-state index in [4.69, 9.17) is 4.74 Å². The van der Waals surface area contributed by atoms with Crippen molar-refractivity contribution in [3.63, 3.8) is 0 Å². The minimum Gasteiger partial charge on any atom is -0.465 e. The van der Waals surface area contributed by atoms with Crippen molar-refractivity contribution in [1.29, 1.82) is 0 Å². The summed E-state index contributed by atoms with van der Waals surface area (Å²) >= 11 is 0. The molecule has 0 heterocycles. The Morgan fingerprint density at radius 2 is 1.79 bits per heavy atom. The number of carbonyl (C=O) groups is 1. The summed E-state index contributed by atoms with van der Waals surface area (Å²) in [6.45, 7) is 2.37. The summed E-state index contributed by atoms with van der Waals surface area (Å²) in [7, 11) is 1.42. The maximum atomic E-state index is 11.5. The van der Waals surface area contributed by atoms with Gasteiger partial charge in [0.2, 0.25) is 0 Å². The second kappa shape index (κ2) is 7.65. The van der Waals surface area contributed by atoms with Gasteiger partial charge in [0.15, 0.2) is 0 Å². The molecule has 0 saturated heterocycles. The third-order valence-electron chi connectivity index (χ3n) is 5.51. The highest BCUT2D eigenvalue weighted by atomic mass is 16.5. The maximum absolute atomic E-state index is 11.5. The topological polar surface area (TPSA) is 26.3 Å². The number of rotatable bonds is 5. The van der Waals surface area contributed by atoms with Gasteiger partial charge in [-0.3, -0.25) is 0 Å². The molecule has 0 aliphatic heterocycles. The third-order valence-corrected chi connectivity index (χ3v) is 5.51. The van der Waals surface area contributed by atoms with Crippen LogP contribution in [-0.2, 0) is 11.2 Å². The van der Waals surface area contributed by atoms with Crippen molar-refractivity contribution in [3.8, 4) is 0 Å². The van der Waals surface area contributed by atoms with Crippen molar-refractivity contribution in [2.45, 2.75) is 38.5 Å². The lowest BCUT2D eigenvalue weighted by molar-refractivity contribution is 0.0600. The van der Waals surface area contributed by atoms with Crippen LogP contribution in [0.4, 0.5) is 0 Å². The second-order valence-electron chi connectivity index (χ2n) is 7.03. The lowest BCUT2D eigenvalue weighted by Crippen LogP contribution is -2.08. The highest BCUT2D eigenvalue weighted by Crippen LogP contribution is 2.41. The first kappa shape index (κ1) is 16.8. The van der Waals surface area contributed by atoms with Gasteiger partial charge in [0, 0.05) is 0 Å². The Morgan fingerprint density at radius 3 is 2.46 bits per heavy atom. The van der Waals surface area contributed by atoms with Crippen LogP contribution < -0.4 is 0 Å². The average Bonchev–Trinajstić information content (AvgIpc) is 3.10. The number of esters is 1. The average molecular weight is 322 g/mol. The van der Waals surface area contributed by atoms with E-state index in [1.165, 1.54) is 37.5 Å². The molecule has 0 N–H and O–H groups in total. The van der Waals surface area contributed by atoms with Crippen LogP contribution in [0.15, 0.2) is 54.6 Å². The van der Waals surface area contributed by atoms with Crippen molar-refractivity contribution in [2.24, 2.45) is 11.8 Å². The van der Waals surface area contributed by atoms with Gasteiger partial charge in [0.25, 0.3) is 0 Å². The monoisotopic (exact) mass is 322 g/mol. The quantitative estimate of drug-likeness (QED) is 0.704. The fourth-order valence-electron chi connectivity index (χ4n) is 4.01. The molecule has 0 amide bonds. The van der Waals surface area contributed by atoms with Crippen LogP contribution >= 0.6 is 0 Å². The molecule has 0 aromatic heterocycles. The van der Waals surface area contributed by atoms with Gasteiger partial charge < -0.3 is 4.74 Å². The lowest BCUT2D eigenvalue weighted by Gasteiger charge is -2.20. The van der Waals surface area contributed by atoms with Crippen molar-refractivity contribution < 1.29 is 9.53 Å². The van der Waals surface area contributed by atoms with Gasteiger partial charge in [-0.1, -0.05) is 49.4 Å². The number of carbonyl (C=O) groups excluding carboxylic acids is 1. The number of methoxy groups -OCH3 is 1. The zero-order valence-corrected chi connectivity index (χ0v) is 14.6. The fourth-order valence-corrected chi connectivity index (χ4v) is 4.01. The van der Waals surface area contributed by atoms with Crippen LogP contribution in [0.1, 0.15) is 53.6 Å². The molecule has 2 aromatic carbocycles. The number of benzene rings is 2. The molecule has 0 radical (unpaired) electrons. The second-order valence-corrected chi connectivity index (χ2v) is 7.03. The molecular weight excluding hydrogens is 296 g/mol. The number of ether oxygens (including phenoxy) is 1. The highest BCUT2D eigenvalue weighted by molar-refractivity contribution is 5.89. The Labute approximate surface area is 144 Å². The lowest BCUT2D eigenvalue weighted by atomic mass is 9.85. The minimum atomic E-state index is -0.265. The zero-order valence-electron chi connectivity index (χ0n) is 14.6. The summed E-state index contributed by atoms with van der Waals surface area (Å²) in [6.07, 6.45) is 5.04. The largest absolute Gasteiger partial charge is 0.465 e. The molecule has 1 aliphatic rings. The Kier molecular flexibility index (Phi) is 5.34. The molecule has 0 bridgehead atoms. The molecular formula is C22H26O2. The molecule has 126 valence electrons. The molecule has 1 fully saturated rings. The van der Waals surface area contributed by atoms with Gasteiger partial charge in [-0.15, -0.1) is 0 Å². The maximum Gasteiger partial charge on any atom is 0.337 e. The molecule has 24 heavy (non-hydrogen) atoms. The first-order valence-corrected chi connectivity index (χ1v) is 8.89. The first-order chi connectivity index (χ1) is 11.7. The van der Waals surface area contributed by atoms with E-state index in [2.05, 4.69) is 49.4 Å². The Hall–Kier alpha value is -2.09. The van der Waals surface area contributed by atoms with Crippen molar-refractivity contribution >= 4 is 5.97 Å². The van der Waals surface area contributed by atoms with Gasteiger partial charge in [0.05, 0.1) is 12.7 Å². The van der Waals surface area contributed by atoms with Crippen LogP contribution in [0.5, 0.6) is 0 Å². The molecule has 0 unspecified atom stereocenters. The molecule has 3 rings (SSSR count). The summed E-state index contributed by atoms with van der Waals surface area (Å²) in [5.41, 5.74) is 3.41. The van der Waals surface area contributed by atoms with E-state index in [1.807, 2.05) is 12.1 Å². The first-order valence-electron chi connectivity index (χ1n) is 8.89. The Balaban J connectivity index is 1.57. The molecule has 2 heteroatoms. The van der Waals surface area contributed by atoms with Crippen LogP contribution in [0.3, 0.4) is 0 Å². The van der Waals surface area contributed by atoms with E-state index in [0.29, 0.717) is 11.5 Å². The summed E-state index contributed by atoms with van der Waals surface area (Å²) < 4.78 is 4.75. The fraction of sp³-hybridized carbons (Fsp3) is 0.409. The van der Waals surface area contributed by atoms with Crippen LogP contribution in [-0.4, -0.2) is 13.1 Å². The molecule has 2 nitrogen and oxygen atoms in total. The normalized spacial score (nSPS) is 21.4. The van der Waals surface area contributed by atoms with Gasteiger partial charge in [-0.25, -0.2) is 4.79 Å². The van der Waals surface area contributed by atoms with Gasteiger partial charge in [-0.2, -0.15) is 0 Å². The molecule has 1 saturated carbocycles. The van der Waals surface area contributed by atoms with Gasteiger partial charge in [0.1, 0.15) is 0 Å². The van der Waals surface area contributed by atoms with Gasteiger partial charge in [-0.05, 0) is 66.7 Å². The molecule has 0 spiro atoms. The zero-order chi connectivity index (χ0) is 16.9. The number of hydrogen-bond donors (Lipinski definition) is 0. The van der Waals surface area contributed by atoms with E-state index in [1.54, 1.807) is 0 Å². The van der Waals surface area contributed by atoms with E-state index >= 15 is 0 Å². The van der Waals surface area contributed by atoms with E-state index in [-0.39, 0.29) is 5.97 Å². The van der Waals surface area contributed by atoms with E-state index < -0.39 is 0 Å². The predicted molar refractivity (Wildman–Crippen MR) is 97.2 cm³/mol. The van der Waals surface area contributed by atoms with Crippen LogP contribution in [0, 0.1) is 11.8 Å². The summed E-state index contributed by atoms with van der Waals surface area (Å²) in [5.74, 6) is 1.91. The van der Waals surface area contributed by atoms with Crippen molar-refractivity contribution in [1.82, 2.24) is 0 Å². The number of hydrogen-bond acceptors (Lipinski definition) is 2. The van der Waals surface area contributed by atoms with Crippen LogP contribution in [0.25, 0.3) is 0 Å². The summed E-state index contributed by atoms with van der Waals surface area (Å²) in [6, 6.07) is 18.8. The molecule has 3 atom stereocenters.